The minimum Gasteiger partial charge on any atom is -0.465 e. The molecule has 2 fully saturated rings. The SMILES string of the molecule is CCNC(=O)CCC(=O)OC1(C#Cc2cccc(C)c2)CCCC2C1CCN2C(=O)O. The lowest BCUT2D eigenvalue weighted by molar-refractivity contribution is -0.163. The number of hydrogen-bond donors (Lipinski definition) is 2. The number of ether oxygens (including phenoxy) is 1. The van der Waals surface area contributed by atoms with Crippen LogP contribution in [-0.2, 0) is 14.3 Å². The lowest BCUT2D eigenvalue weighted by Gasteiger charge is -2.42. The van der Waals surface area contributed by atoms with E-state index in [4.69, 9.17) is 4.74 Å². The van der Waals surface area contributed by atoms with E-state index in [-0.39, 0.29) is 30.7 Å². The van der Waals surface area contributed by atoms with Crippen LogP contribution in [0.2, 0.25) is 0 Å². The molecular weight excluding hydrogens is 396 g/mol. The van der Waals surface area contributed by atoms with Gasteiger partial charge >= 0.3 is 12.1 Å². The van der Waals surface area contributed by atoms with Crippen LogP contribution in [0.25, 0.3) is 0 Å². The number of likely N-dealkylation sites (tertiary alicyclic amines) is 1. The fourth-order valence-corrected chi connectivity index (χ4v) is 4.71. The predicted molar refractivity (Wildman–Crippen MR) is 115 cm³/mol. The van der Waals surface area contributed by atoms with Crippen LogP contribution in [0.4, 0.5) is 4.79 Å². The number of aryl methyl sites for hydroxylation is 1. The smallest absolute Gasteiger partial charge is 0.407 e. The molecule has 3 rings (SSSR count). The monoisotopic (exact) mass is 426 g/mol. The standard InChI is InChI=1S/C24H30N2O5/c1-3-25-21(27)9-10-22(28)31-24(14-11-18-7-4-6-17(2)16-18)13-5-8-20-19(24)12-15-26(20)23(29)30/h4,6-7,16,19-20H,3,5,8-10,12-13,15H2,1-2H3,(H,25,27)(H,29,30). The molecule has 166 valence electrons. The van der Waals surface area contributed by atoms with Crippen molar-refractivity contribution in [2.75, 3.05) is 13.1 Å². The zero-order valence-electron chi connectivity index (χ0n) is 18.1. The van der Waals surface area contributed by atoms with Crippen LogP contribution in [-0.4, -0.2) is 52.7 Å². The summed E-state index contributed by atoms with van der Waals surface area (Å²) in [5.41, 5.74) is 0.863. The first kappa shape index (κ1) is 22.7. The molecule has 7 nitrogen and oxygen atoms in total. The van der Waals surface area contributed by atoms with Crippen molar-refractivity contribution < 1.29 is 24.2 Å². The molecule has 0 radical (unpaired) electrons. The van der Waals surface area contributed by atoms with E-state index in [1.165, 1.54) is 4.90 Å². The number of hydrogen-bond acceptors (Lipinski definition) is 4. The van der Waals surface area contributed by atoms with Crippen molar-refractivity contribution in [3.8, 4) is 11.8 Å². The van der Waals surface area contributed by atoms with Crippen molar-refractivity contribution in [3.05, 3.63) is 35.4 Å². The van der Waals surface area contributed by atoms with Gasteiger partial charge in [-0.3, -0.25) is 9.59 Å². The van der Waals surface area contributed by atoms with Crippen molar-refractivity contribution >= 4 is 18.0 Å². The van der Waals surface area contributed by atoms with E-state index in [1.807, 2.05) is 38.1 Å². The Morgan fingerprint density at radius 2 is 2.10 bits per heavy atom. The van der Waals surface area contributed by atoms with E-state index in [1.54, 1.807) is 0 Å². The van der Waals surface area contributed by atoms with Gasteiger partial charge in [0, 0.05) is 37.0 Å². The molecule has 31 heavy (non-hydrogen) atoms. The van der Waals surface area contributed by atoms with E-state index >= 15 is 0 Å². The fraction of sp³-hybridized carbons (Fsp3) is 0.542. The van der Waals surface area contributed by atoms with Crippen LogP contribution in [0.5, 0.6) is 0 Å². The summed E-state index contributed by atoms with van der Waals surface area (Å²) in [5, 5.41) is 12.3. The van der Waals surface area contributed by atoms with Crippen LogP contribution in [0, 0.1) is 24.7 Å². The van der Waals surface area contributed by atoms with E-state index < -0.39 is 17.7 Å². The van der Waals surface area contributed by atoms with Gasteiger partial charge in [-0.2, -0.15) is 0 Å². The fourth-order valence-electron chi connectivity index (χ4n) is 4.71. The maximum absolute atomic E-state index is 12.7. The first-order chi connectivity index (χ1) is 14.8. The Balaban J connectivity index is 1.86. The molecule has 1 aromatic rings. The minimum absolute atomic E-state index is 0.0280. The zero-order chi connectivity index (χ0) is 22.4. The maximum atomic E-state index is 12.7. The van der Waals surface area contributed by atoms with E-state index in [0.29, 0.717) is 25.9 Å². The Morgan fingerprint density at radius 1 is 1.29 bits per heavy atom. The Hall–Kier alpha value is -3.01. The summed E-state index contributed by atoms with van der Waals surface area (Å²) >= 11 is 0. The van der Waals surface area contributed by atoms with E-state index in [0.717, 1.165) is 24.0 Å². The third-order valence-corrected chi connectivity index (χ3v) is 6.10. The van der Waals surface area contributed by atoms with Gasteiger partial charge in [-0.1, -0.05) is 18.1 Å². The van der Waals surface area contributed by atoms with Crippen LogP contribution >= 0.6 is 0 Å². The summed E-state index contributed by atoms with van der Waals surface area (Å²) in [4.78, 5) is 37.6. The molecule has 0 aromatic heterocycles. The number of nitrogens with zero attached hydrogens (tertiary/aromatic N) is 1. The van der Waals surface area contributed by atoms with Gasteiger partial charge in [0.05, 0.1) is 6.42 Å². The second-order valence-electron chi connectivity index (χ2n) is 8.27. The second-order valence-corrected chi connectivity index (χ2v) is 8.27. The van der Waals surface area contributed by atoms with E-state index in [2.05, 4.69) is 17.2 Å². The highest BCUT2D eigenvalue weighted by Crippen LogP contribution is 2.45. The van der Waals surface area contributed by atoms with Crippen molar-refractivity contribution in [3.63, 3.8) is 0 Å². The van der Waals surface area contributed by atoms with Crippen LogP contribution in [0.1, 0.15) is 56.6 Å². The van der Waals surface area contributed by atoms with Crippen LogP contribution < -0.4 is 5.32 Å². The summed E-state index contributed by atoms with van der Waals surface area (Å²) in [7, 11) is 0. The topological polar surface area (TPSA) is 95.9 Å². The normalized spacial score (nSPS) is 24.5. The average molecular weight is 427 g/mol. The highest BCUT2D eigenvalue weighted by molar-refractivity contribution is 5.81. The molecule has 1 saturated carbocycles. The van der Waals surface area contributed by atoms with Gasteiger partial charge in [0.15, 0.2) is 5.60 Å². The molecule has 1 aliphatic carbocycles. The molecule has 3 atom stereocenters. The van der Waals surface area contributed by atoms with Gasteiger partial charge in [0.1, 0.15) is 0 Å². The lowest BCUT2D eigenvalue weighted by atomic mass is 9.72. The Kier molecular flexibility index (Phi) is 7.21. The zero-order valence-corrected chi connectivity index (χ0v) is 18.1. The van der Waals surface area contributed by atoms with Crippen molar-refractivity contribution in [2.45, 2.75) is 64.0 Å². The second kappa shape index (κ2) is 9.86. The quantitative estimate of drug-likeness (QED) is 0.557. The number of carboxylic acid groups (broad SMARTS) is 1. The maximum Gasteiger partial charge on any atom is 0.407 e. The molecule has 2 aliphatic rings. The first-order valence-electron chi connectivity index (χ1n) is 10.9. The molecule has 1 heterocycles. The van der Waals surface area contributed by atoms with Crippen molar-refractivity contribution in [1.29, 1.82) is 0 Å². The highest BCUT2D eigenvalue weighted by Gasteiger charge is 2.53. The first-order valence-corrected chi connectivity index (χ1v) is 10.9. The number of esters is 1. The number of carbonyl (C=O) groups excluding carboxylic acids is 2. The highest BCUT2D eigenvalue weighted by atomic mass is 16.6. The summed E-state index contributed by atoms with van der Waals surface area (Å²) in [6.07, 6.45) is 1.70. The summed E-state index contributed by atoms with van der Waals surface area (Å²) in [6, 6.07) is 7.57. The summed E-state index contributed by atoms with van der Waals surface area (Å²) in [5.74, 6) is 5.56. The third-order valence-electron chi connectivity index (χ3n) is 6.10. The third kappa shape index (κ3) is 5.38. The van der Waals surface area contributed by atoms with E-state index in [9.17, 15) is 19.5 Å². The number of benzene rings is 1. The van der Waals surface area contributed by atoms with Crippen molar-refractivity contribution in [2.24, 2.45) is 5.92 Å². The van der Waals surface area contributed by atoms with Gasteiger partial charge in [-0.15, -0.1) is 0 Å². The summed E-state index contributed by atoms with van der Waals surface area (Å²) < 4.78 is 5.99. The molecule has 1 saturated heterocycles. The number of rotatable bonds is 5. The van der Waals surface area contributed by atoms with Gasteiger partial charge in [0.2, 0.25) is 5.91 Å². The molecule has 7 heteroatoms. The number of amides is 2. The number of fused-ring (bicyclic) bond motifs is 1. The molecule has 2 N–H and O–H groups in total. The Morgan fingerprint density at radius 3 is 2.81 bits per heavy atom. The molecular formula is C24H30N2O5. The van der Waals surface area contributed by atoms with Crippen LogP contribution in [0.15, 0.2) is 24.3 Å². The van der Waals surface area contributed by atoms with Gasteiger partial charge in [0.25, 0.3) is 0 Å². The minimum atomic E-state index is -1.05. The Bertz CT molecular complexity index is 903. The van der Waals surface area contributed by atoms with Gasteiger partial charge in [-0.25, -0.2) is 4.79 Å². The molecule has 3 unspecified atom stereocenters. The van der Waals surface area contributed by atoms with Crippen molar-refractivity contribution in [1.82, 2.24) is 10.2 Å². The summed E-state index contributed by atoms with van der Waals surface area (Å²) in [6.45, 7) is 4.73. The number of carbonyl (C=O) groups is 3. The van der Waals surface area contributed by atoms with Gasteiger partial charge < -0.3 is 20.1 Å². The lowest BCUT2D eigenvalue weighted by Crippen LogP contribution is -2.51. The molecule has 1 aromatic carbocycles. The van der Waals surface area contributed by atoms with Crippen LogP contribution in [0.3, 0.4) is 0 Å². The largest absolute Gasteiger partial charge is 0.465 e. The predicted octanol–water partition coefficient (Wildman–Crippen LogP) is 3.10. The van der Waals surface area contributed by atoms with Gasteiger partial charge in [-0.05, 0) is 63.1 Å². The molecule has 0 spiro atoms. The molecule has 0 bridgehead atoms. The molecule has 2 amide bonds. The molecule has 1 aliphatic heterocycles. The Labute approximate surface area is 183 Å². The average Bonchev–Trinajstić information content (AvgIpc) is 3.17. The number of nitrogens with one attached hydrogen (secondary N) is 1.